The molecule has 0 radical (unpaired) electrons. The van der Waals surface area contributed by atoms with Gasteiger partial charge in [0.15, 0.2) is 11.9 Å². The third-order valence-electron chi connectivity index (χ3n) is 2.17. The highest BCUT2D eigenvalue weighted by molar-refractivity contribution is 9.10. The molecular formula is C11H11BrN2O2. The van der Waals surface area contributed by atoms with E-state index in [1.54, 1.807) is 0 Å². The summed E-state index contributed by atoms with van der Waals surface area (Å²) in [6.45, 7) is 6.00. The molecular weight excluding hydrogens is 272 g/mol. The molecule has 4 nitrogen and oxygen atoms in total. The SMILES string of the molecule is CC(C)(C)c1nc2c(Br)ncc(C=O)c2o1. The van der Waals surface area contributed by atoms with E-state index in [2.05, 4.69) is 25.9 Å². The quantitative estimate of drug-likeness (QED) is 0.596. The third-order valence-corrected chi connectivity index (χ3v) is 2.75. The molecule has 2 heterocycles. The van der Waals surface area contributed by atoms with Crippen LogP contribution in [0.25, 0.3) is 11.1 Å². The average molecular weight is 283 g/mol. The third kappa shape index (κ3) is 1.75. The van der Waals surface area contributed by atoms with Gasteiger partial charge in [-0.25, -0.2) is 9.97 Å². The van der Waals surface area contributed by atoms with Crippen LogP contribution in [0.5, 0.6) is 0 Å². The Kier molecular flexibility index (Phi) is 2.58. The summed E-state index contributed by atoms with van der Waals surface area (Å²) in [5, 5.41) is 0. The van der Waals surface area contributed by atoms with Crippen LogP contribution in [0.3, 0.4) is 0 Å². The molecule has 0 bridgehead atoms. The summed E-state index contributed by atoms with van der Waals surface area (Å²) in [5.41, 5.74) is 1.30. The molecule has 0 aliphatic rings. The van der Waals surface area contributed by atoms with Crippen LogP contribution in [0.15, 0.2) is 15.2 Å². The Morgan fingerprint density at radius 1 is 1.44 bits per heavy atom. The Morgan fingerprint density at radius 3 is 2.69 bits per heavy atom. The van der Waals surface area contributed by atoms with Crippen molar-refractivity contribution in [1.29, 1.82) is 0 Å². The number of aldehydes is 1. The zero-order chi connectivity index (χ0) is 11.9. The molecule has 0 saturated carbocycles. The van der Waals surface area contributed by atoms with E-state index in [0.717, 1.165) is 6.29 Å². The van der Waals surface area contributed by atoms with Gasteiger partial charge in [-0.1, -0.05) is 20.8 Å². The molecule has 0 spiro atoms. The Hall–Kier alpha value is -1.23. The first-order valence-corrected chi connectivity index (χ1v) is 5.63. The highest BCUT2D eigenvalue weighted by Crippen LogP contribution is 2.30. The van der Waals surface area contributed by atoms with Gasteiger partial charge in [-0.05, 0) is 15.9 Å². The molecule has 0 aliphatic carbocycles. The molecule has 0 N–H and O–H groups in total. The highest BCUT2D eigenvalue weighted by atomic mass is 79.9. The van der Waals surface area contributed by atoms with E-state index in [4.69, 9.17) is 4.42 Å². The zero-order valence-corrected chi connectivity index (χ0v) is 10.8. The number of hydrogen-bond donors (Lipinski definition) is 0. The normalized spacial score (nSPS) is 12.0. The Balaban J connectivity index is 2.78. The average Bonchev–Trinajstić information content (AvgIpc) is 2.63. The van der Waals surface area contributed by atoms with Crippen molar-refractivity contribution in [2.45, 2.75) is 26.2 Å². The van der Waals surface area contributed by atoms with Gasteiger partial charge < -0.3 is 4.42 Å². The molecule has 2 aromatic heterocycles. The van der Waals surface area contributed by atoms with Crippen molar-refractivity contribution in [3.05, 3.63) is 22.3 Å². The van der Waals surface area contributed by atoms with Gasteiger partial charge in [-0.2, -0.15) is 0 Å². The largest absolute Gasteiger partial charge is 0.439 e. The topological polar surface area (TPSA) is 56.0 Å². The maximum Gasteiger partial charge on any atom is 0.200 e. The van der Waals surface area contributed by atoms with Gasteiger partial charge in [-0.3, -0.25) is 4.79 Å². The van der Waals surface area contributed by atoms with E-state index in [0.29, 0.717) is 27.2 Å². The van der Waals surface area contributed by atoms with Crippen LogP contribution >= 0.6 is 15.9 Å². The van der Waals surface area contributed by atoms with Gasteiger partial charge in [0.25, 0.3) is 0 Å². The molecule has 0 unspecified atom stereocenters. The van der Waals surface area contributed by atoms with Crippen molar-refractivity contribution in [3.63, 3.8) is 0 Å². The van der Waals surface area contributed by atoms with Crippen LogP contribution in [0.4, 0.5) is 0 Å². The first-order valence-electron chi connectivity index (χ1n) is 4.84. The molecule has 0 saturated heterocycles. The van der Waals surface area contributed by atoms with Crippen LogP contribution in [-0.2, 0) is 5.41 Å². The maximum absolute atomic E-state index is 10.8. The predicted molar refractivity (Wildman–Crippen MR) is 63.6 cm³/mol. The van der Waals surface area contributed by atoms with Gasteiger partial charge >= 0.3 is 0 Å². The fourth-order valence-electron chi connectivity index (χ4n) is 1.31. The minimum atomic E-state index is -0.196. The van der Waals surface area contributed by atoms with E-state index in [9.17, 15) is 4.79 Å². The zero-order valence-electron chi connectivity index (χ0n) is 9.24. The molecule has 16 heavy (non-hydrogen) atoms. The van der Waals surface area contributed by atoms with Crippen LogP contribution in [0, 0.1) is 0 Å². The summed E-state index contributed by atoms with van der Waals surface area (Å²) >= 11 is 3.29. The number of fused-ring (bicyclic) bond motifs is 1. The number of pyridine rings is 1. The van der Waals surface area contributed by atoms with Gasteiger partial charge in [0, 0.05) is 11.6 Å². The van der Waals surface area contributed by atoms with E-state index >= 15 is 0 Å². The van der Waals surface area contributed by atoms with Gasteiger partial charge in [0.1, 0.15) is 10.1 Å². The summed E-state index contributed by atoms with van der Waals surface area (Å²) in [6.07, 6.45) is 2.19. The van der Waals surface area contributed by atoms with Gasteiger partial charge in [0.2, 0.25) is 5.89 Å². The molecule has 0 amide bonds. The van der Waals surface area contributed by atoms with E-state index in [1.807, 2.05) is 20.8 Å². The fourth-order valence-corrected chi connectivity index (χ4v) is 1.68. The molecule has 0 aliphatic heterocycles. The van der Waals surface area contributed by atoms with Gasteiger partial charge in [0.05, 0.1) is 5.56 Å². The minimum Gasteiger partial charge on any atom is -0.439 e. The summed E-state index contributed by atoms with van der Waals surface area (Å²) in [5.74, 6) is 0.597. The first kappa shape index (κ1) is 11.3. The summed E-state index contributed by atoms with van der Waals surface area (Å²) in [7, 11) is 0. The van der Waals surface area contributed by atoms with Crippen molar-refractivity contribution in [3.8, 4) is 0 Å². The van der Waals surface area contributed by atoms with Crippen LogP contribution in [-0.4, -0.2) is 16.3 Å². The molecule has 0 atom stereocenters. The number of halogens is 1. The van der Waals surface area contributed by atoms with Crippen molar-refractivity contribution in [2.75, 3.05) is 0 Å². The van der Waals surface area contributed by atoms with E-state index < -0.39 is 0 Å². The Bertz CT molecular complexity index is 555. The van der Waals surface area contributed by atoms with Crippen LogP contribution in [0.2, 0.25) is 0 Å². The first-order chi connectivity index (χ1) is 7.43. The predicted octanol–water partition coefficient (Wildman–Crippen LogP) is 3.10. The molecule has 2 rings (SSSR count). The minimum absolute atomic E-state index is 0.196. The number of oxazole rings is 1. The smallest absolute Gasteiger partial charge is 0.200 e. The standard InChI is InChI=1S/C11H11BrN2O2/c1-11(2,3)10-14-7-8(16-10)6(5-15)4-13-9(7)12/h4-5H,1-3H3. The second-order valence-corrected chi connectivity index (χ2v) is 5.32. The molecule has 0 aromatic carbocycles. The van der Waals surface area contributed by atoms with Crippen molar-refractivity contribution in [1.82, 2.24) is 9.97 Å². The number of carbonyl (C=O) groups excluding carboxylic acids is 1. The van der Waals surface area contributed by atoms with Crippen LogP contribution < -0.4 is 0 Å². The molecule has 0 fully saturated rings. The summed E-state index contributed by atoms with van der Waals surface area (Å²) in [6, 6.07) is 0. The van der Waals surface area contributed by atoms with Crippen LogP contribution in [0.1, 0.15) is 37.0 Å². The number of rotatable bonds is 1. The highest BCUT2D eigenvalue weighted by Gasteiger charge is 2.23. The lowest BCUT2D eigenvalue weighted by molar-refractivity contribution is 0.112. The molecule has 84 valence electrons. The van der Waals surface area contributed by atoms with Crippen molar-refractivity contribution in [2.24, 2.45) is 0 Å². The summed E-state index contributed by atoms with van der Waals surface area (Å²) in [4.78, 5) is 19.2. The Labute approximate surface area is 101 Å². The second kappa shape index (κ2) is 3.66. The lowest BCUT2D eigenvalue weighted by atomic mass is 9.97. The number of aromatic nitrogens is 2. The molecule has 2 aromatic rings. The number of carbonyl (C=O) groups is 1. The number of nitrogens with zero attached hydrogens (tertiary/aromatic N) is 2. The number of hydrogen-bond acceptors (Lipinski definition) is 4. The van der Waals surface area contributed by atoms with E-state index in [1.165, 1.54) is 6.20 Å². The van der Waals surface area contributed by atoms with Crippen molar-refractivity contribution >= 4 is 33.3 Å². The molecule has 5 heteroatoms. The van der Waals surface area contributed by atoms with Gasteiger partial charge in [-0.15, -0.1) is 0 Å². The second-order valence-electron chi connectivity index (χ2n) is 4.57. The monoisotopic (exact) mass is 282 g/mol. The lowest BCUT2D eigenvalue weighted by Gasteiger charge is -2.11. The van der Waals surface area contributed by atoms with E-state index in [-0.39, 0.29) is 5.41 Å². The summed E-state index contributed by atoms with van der Waals surface area (Å²) < 4.78 is 6.21. The van der Waals surface area contributed by atoms with Crippen molar-refractivity contribution < 1.29 is 9.21 Å². The fraction of sp³-hybridized carbons (Fsp3) is 0.364. The maximum atomic E-state index is 10.8. The Morgan fingerprint density at radius 2 is 2.12 bits per heavy atom. The lowest BCUT2D eigenvalue weighted by Crippen LogP contribution is -2.11.